The molecule has 4 aromatic rings. The molecule has 4 heterocycles. The Morgan fingerprint density at radius 1 is 1.14 bits per heavy atom. The SMILES string of the molecule is CN(c1ccccn1)S(=O)(=O)NC(=O)c1cnc2ccc(N3CCC[C@@H]3c3cc(F)ccc3F)cn12. The van der Waals surface area contributed by atoms with Crippen LogP contribution in [0, 0.1) is 11.6 Å². The van der Waals surface area contributed by atoms with Crippen LogP contribution in [0.4, 0.5) is 20.3 Å². The molecule has 0 bridgehead atoms. The summed E-state index contributed by atoms with van der Waals surface area (Å²) >= 11 is 0. The third kappa shape index (κ3) is 4.35. The molecule has 0 spiro atoms. The van der Waals surface area contributed by atoms with E-state index in [9.17, 15) is 22.0 Å². The lowest BCUT2D eigenvalue weighted by Gasteiger charge is -2.27. The predicted molar refractivity (Wildman–Crippen MR) is 130 cm³/mol. The van der Waals surface area contributed by atoms with Crippen LogP contribution in [-0.4, -0.2) is 42.3 Å². The maximum absolute atomic E-state index is 14.5. The largest absolute Gasteiger partial charge is 0.363 e. The van der Waals surface area contributed by atoms with E-state index in [1.54, 1.807) is 30.5 Å². The number of imidazole rings is 1. The average Bonchev–Trinajstić information content (AvgIpc) is 3.52. The molecule has 12 heteroatoms. The molecule has 1 fully saturated rings. The van der Waals surface area contributed by atoms with Gasteiger partial charge in [-0.3, -0.25) is 9.20 Å². The van der Waals surface area contributed by atoms with Crippen LogP contribution in [0.1, 0.15) is 34.9 Å². The fourth-order valence-electron chi connectivity index (χ4n) is 4.38. The van der Waals surface area contributed by atoms with Gasteiger partial charge in [-0.1, -0.05) is 6.07 Å². The minimum Gasteiger partial charge on any atom is -0.363 e. The van der Waals surface area contributed by atoms with E-state index < -0.39 is 27.8 Å². The first kappa shape index (κ1) is 23.7. The summed E-state index contributed by atoms with van der Waals surface area (Å²) in [6, 6.07) is 11.3. The minimum atomic E-state index is -4.24. The summed E-state index contributed by atoms with van der Waals surface area (Å²) in [5, 5.41) is 0. The van der Waals surface area contributed by atoms with Crippen LogP contribution >= 0.6 is 0 Å². The second kappa shape index (κ2) is 9.19. The van der Waals surface area contributed by atoms with E-state index in [1.165, 1.54) is 36.0 Å². The lowest BCUT2D eigenvalue weighted by molar-refractivity contribution is 0.0975. The molecule has 9 nitrogen and oxygen atoms in total. The maximum Gasteiger partial charge on any atom is 0.327 e. The summed E-state index contributed by atoms with van der Waals surface area (Å²) in [6.07, 6.45) is 5.76. The summed E-state index contributed by atoms with van der Waals surface area (Å²) in [5.41, 5.74) is 1.35. The van der Waals surface area contributed by atoms with Crippen molar-refractivity contribution in [2.24, 2.45) is 0 Å². The number of hydrogen-bond acceptors (Lipinski definition) is 6. The van der Waals surface area contributed by atoms with Crippen molar-refractivity contribution in [2.75, 3.05) is 22.8 Å². The van der Waals surface area contributed by atoms with Crippen LogP contribution in [0.3, 0.4) is 0 Å². The van der Waals surface area contributed by atoms with Crippen LogP contribution in [0.15, 0.2) is 67.1 Å². The zero-order chi connectivity index (χ0) is 25.4. The normalized spacial score (nSPS) is 15.9. The minimum absolute atomic E-state index is 0.00229. The Morgan fingerprint density at radius 2 is 1.97 bits per heavy atom. The molecule has 1 aliphatic rings. The summed E-state index contributed by atoms with van der Waals surface area (Å²) in [6.45, 7) is 0.603. The highest BCUT2D eigenvalue weighted by Crippen LogP contribution is 2.37. The number of nitrogens with one attached hydrogen (secondary N) is 1. The molecule has 1 aromatic carbocycles. The summed E-state index contributed by atoms with van der Waals surface area (Å²) in [5.74, 6) is -1.74. The molecule has 1 aliphatic heterocycles. The summed E-state index contributed by atoms with van der Waals surface area (Å²) < 4.78 is 58.2. The van der Waals surface area contributed by atoms with E-state index >= 15 is 0 Å². The Bertz CT molecular complexity index is 1540. The molecule has 1 N–H and O–H groups in total. The van der Waals surface area contributed by atoms with Crippen LogP contribution in [-0.2, 0) is 10.2 Å². The van der Waals surface area contributed by atoms with Gasteiger partial charge in [0.15, 0.2) is 0 Å². The first-order valence-electron chi connectivity index (χ1n) is 11.2. The van der Waals surface area contributed by atoms with Gasteiger partial charge in [0, 0.05) is 31.5 Å². The van der Waals surface area contributed by atoms with Crippen molar-refractivity contribution in [1.82, 2.24) is 19.1 Å². The highest BCUT2D eigenvalue weighted by Gasteiger charge is 2.30. The number of amides is 1. The molecule has 1 atom stereocenters. The van der Waals surface area contributed by atoms with Crippen LogP contribution in [0.5, 0.6) is 0 Å². The Labute approximate surface area is 206 Å². The highest BCUT2D eigenvalue weighted by atomic mass is 32.2. The first-order valence-corrected chi connectivity index (χ1v) is 12.6. The van der Waals surface area contributed by atoms with Crippen molar-refractivity contribution in [3.8, 4) is 0 Å². The van der Waals surface area contributed by atoms with Gasteiger partial charge in [0.25, 0.3) is 5.91 Å². The fraction of sp³-hybridized carbons (Fsp3) is 0.208. The van der Waals surface area contributed by atoms with Gasteiger partial charge >= 0.3 is 10.2 Å². The van der Waals surface area contributed by atoms with Gasteiger partial charge in [0.2, 0.25) is 0 Å². The van der Waals surface area contributed by atoms with E-state index in [0.717, 1.165) is 22.9 Å². The quantitative estimate of drug-likeness (QED) is 0.425. The lowest BCUT2D eigenvalue weighted by Crippen LogP contribution is -2.42. The second-order valence-corrected chi connectivity index (χ2v) is 10.1. The van der Waals surface area contributed by atoms with E-state index in [1.807, 2.05) is 9.62 Å². The maximum atomic E-state index is 14.5. The van der Waals surface area contributed by atoms with E-state index in [0.29, 0.717) is 24.3 Å². The first-order chi connectivity index (χ1) is 17.2. The van der Waals surface area contributed by atoms with Crippen LogP contribution < -0.4 is 13.9 Å². The van der Waals surface area contributed by atoms with Gasteiger partial charge in [-0.2, -0.15) is 8.42 Å². The van der Waals surface area contributed by atoms with Crippen molar-refractivity contribution < 1.29 is 22.0 Å². The van der Waals surface area contributed by atoms with E-state index in [4.69, 9.17) is 0 Å². The van der Waals surface area contributed by atoms with Crippen molar-refractivity contribution in [2.45, 2.75) is 18.9 Å². The van der Waals surface area contributed by atoms with Gasteiger partial charge in [0.05, 0.1) is 17.9 Å². The summed E-state index contributed by atoms with van der Waals surface area (Å²) in [4.78, 5) is 23.1. The Morgan fingerprint density at radius 3 is 2.75 bits per heavy atom. The molecule has 1 amide bonds. The highest BCUT2D eigenvalue weighted by molar-refractivity contribution is 7.91. The summed E-state index contributed by atoms with van der Waals surface area (Å²) in [7, 11) is -2.96. The third-order valence-corrected chi connectivity index (χ3v) is 7.53. The van der Waals surface area contributed by atoms with Crippen molar-refractivity contribution >= 4 is 33.3 Å². The Balaban J connectivity index is 1.44. The molecule has 36 heavy (non-hydrogen) atoms. The van der Waals surface area contributed by atoms with Gasteiger partial charge in [-0.15, -0.1) is 0 Å². The molecule has 1 saturated heterocycles. The van der Waals surface area contributed by atoms with Crippen LogP contribution in [0.2, 0.25) is 0 Å². The molecular weight excluding hydrogens is 490 g/mol. The zero-order valence-corrected chi connectivity index (χ0v) is 20.0. The number of carbonyl (C=O) groups is 1. The van der Waals surface area contributed by atoms with Gasteiger partial charge < -0.3 is 4.90 Å². The number of pyridine rings is 2. The molecule has 186 valence electrons. The molecule has 0 aliphatic carbocycles. The molecular formula is C24H22F2N6O3S. The number of fused-ring (bicyclic) bond motifs is 1. The molecule has 5 rings (SSSR count). The zero-order valence-electron chi connectivity index (χ0n) is 19.2. The fourth-order valence-corrected chi connectivity index (χ4v) is 5.21. The number of anilines is 2. The van der Waals surface area contributed by atoms with Crippen molar-refractivity contribution in [3.05, 3.63) is 90.0 Å². The second-order valence-electron chi connectivity index (χ2n) is 8.37. The van der Waals surface area contributed by atoms with Gasteiger partial charge in [-0.05, 0) is 55.3 Å². The number of aromatic nitrogens is 3. The number of benzene rings is 1. The smallest absolute Gasteiger partial charge is 0.327 e. The Kier molecular flexibility index (Phi) is 6.04. The van der Waals surface area contributed by atoms with E-state index in [2.05, 4.69) is 9.97 Å². The topological polar surface area (TPSA) is 99.9 Å². The number of rotatable bonds is 6. The average molecular weight is 513 g/mol. The standard InChI is InChI=1S/C24H22F2N6O3S/c1-30(22-6-2-3-11-27-22)36(34,35)29-24(33)21-14-28-23-10-8-17(15-32(21)23)31-12-4-5-20(31)18-13-16(25)7-9-19(18)26/h2-3,6-11,13-15,20H,4-5,12H2,1H3,(H,29,33)/t20-/m1/s1. The predicted octanol–water partition coefficient (Wildman–Crippen LogP) is 3.46. The number of nitrogens with zero attached hydrogens (tertiary/aromatic N) is 5. The Hall–Kier alpha value is -4.06. The molecule has 0 saturated carbocycles. The van der Waals surface area contributed by atoms with Gasteiger partial charge in [0.1, 0.15) is 28.8 Å². The lowest BCUT2D eigenvalue weighted by atomic mass is 10.0. The van der Waals surface area contributed by atoms with Crippen LogP contribution in [0.25, 0.3) is 5.65 Å². The van der Waals surface area contributed by atoms with E-state index in [-0.39, 0.29) is 23.1 Å². The van der Waals surface area contributed by atoms with Gasteiger partial charge in [-0.25, -0.2) is 27.8 Å². The molecule has 3 aromatic heterocycles. The number of carbonyl (C=O) groups excluding carboxylic acids is 1. The van der Waals surface area contributed by atoms with Crippen molar-refractivity contribution in [3.63, 3.8) is 0 Å². The van der Waals surface area contributed by atoms with Crippen molar-refractivity contribution in [1.29, 1.82) is 0 Å². The molecule has 0 unspecified atom stereocenters. The monoisotopic (exact) mass is 512 g/mol. The third-order valence-electron chi connectivity index (χ3n) is 6.18. The molecule has 0 radical (unpaired) electrons. The number of hydrogen-bond donors (Lipinski definition) is 1. The number of halogens is 2.